The molecule has 1 aromatic carbocycles. The molecule has 0 aliphatic heterocycles. The van der Waals surface area contributed by atoms with Crippen molar-refractivity contribution in [3.63, 3.8) is 0 Å². The number of carbonyl (C=O) groups is 1. The van der Waals surface area contributed by atoms with Crippen LogP contribution in [0.4, 0.5) is 0 Å². The maximum absolute atomic E-state index is 11.4. The minimum absolute atomic E-state index is 0.151. The molecule has 0 saturated carbocycles. The summed E-state index contributed by atoms with van der Waals surface area (Å²) in [6.07, 6.45) is 3.80. The summed E-state index contributed by atoms with van der Waals surface area (Å²) in [4.78, 5) is 15.6. The Balaban J connectivity index is 2.20. The molecule has 0 bridgehead atoms. The lowest BCUT2D eigenvalue weighted by atomic mass is 10.1. The van der Waals surface area contributed by atoms with Crippen molar-refractivity contribution >= 4 is 16.9 Å². The average molecular weight is 275 g/mol. The first-order valence-corrected chi connectivity index (χ1v) is 6.58. The number of carboxylic acids is 1. The molecular formula is C15H17NO4. The molecule has 2 aromatic rings. The summed E-state index contributed by atoms with van der Waals surface area (Å²) in [5.41, 5.74) is 0.787. The SMILES string of the molecule is O=C(O)c1c(OCCCCCO)cnc2ccccc12. The number of ether oxygens (including phenoxy) is 1. The van der Waals surface area contributed by atoms with E-state index in [0.29, 0.717) is 23.3 Å². The van der Waals surface area contributed by atoms with Crippen molar-refractivity contribution in [2.75, 3.05) is 13.2 Å². The lowest BCUT2D eigenvalue weighted by molar-refractivity contribution is 0.0694. The smallest absolute Gasteiger partial charge is 0.340 e. The number of benzene rings is 1. The van der Waals surface area contributed by atoms with Crippen LogP contribution >= 0.6 is 0 Å². The highest BCUT2D eigenvalue weighted by atomic mass is 16.5. The molecule has 1 aromatic heterocycles. The standard InChI is InChI=1S/C15H17NO4/c17-8-4-1-5-9-20-13-10-16-12-7-3-2-6-11(12)14(13)15(18)19/h2-3,6-7,10,17H,1,4-5,8-9H2,(H,18,19). The van der Waals surface area contributed by atoms with Crippen molar-refractivity contribution < 1.29 is 19.7 Å². The molecule has 5 nitrogen and oxygen atoms in total. The third kappa shape index (κ3) is 3.24. The van der Waals surface area contributed by atoms with Crippen LogP contribution < -0.4 is 4.74 Å². The van der Waals surface area contributed by atoms with Gasteiger partial charge in [0.15, 0.2) is 5.75 Å². The molecule has 106 valence electrons. The molecule has 0 spiro atoms. The summed E-state index contributed by atoms with van der Waals surface area (Å²) < 4.78 is 5.53. The van der Waals surface area contributed by atoms with Crippen LogP contribution in [0.3, 0.4) is 0 Å². The van der Waals surface area contributed by atoms with Gasteiger partial charge < -0.3 is 14.9 Å². The van der Waals surface area contributed by atoms with Crippen LogP contribution in [0.15, 0.2) is 30.5 Å². The second kappa shape index (κ2) is 6.86. The van der Waals surface area contributed by atoms with E-state index in [0.717, 1.165) is 19.3 Å². The highest BCUT2D eigenvalue weighted by Gasteiger charge is 2.16. The normalized spacial score (nSPS) is 10.7. The van der Waals surface area contributed by atoms with Crippen molar-refractivity contribution in [3.05, 3.63) is 36.0 Å². The Morgan fingerprint density at radius 1 is 1.20 bits per heavy atom. The number of unbranched alkanes of at least 4 members (excludes halogenated alkanes) is 2. The van der Waals surface area contributed by atoms with Gasteiger partial charge in [-0.05, 0) is 25.3 Å². The summed E-state index contributed by atoms with van der Waals surface area (Å²) in [6, 6.07) is 7.09. The lowest BCUT2D eigenvalue weighted by Gasteiger charge is -2.10. The number of para-hydroxylation sites is 1. The van der Waals surface area contributed by atoms with Gasteiger partial charge in [0.05, 0.1) is 18.3 Å². The first-order chi connectivity index (χ1) is 9.74. The zero-order valence-corrected chi connectivity index (χ0v) is 11.1. The van der Waals surface area contributed by atoms with Gasteiger partial charge in [-0.15, -0.1) is 0 Å². The van der Waals surface area contributed by atoms with E-state index in [2.05, 4.69) is 4.98 Å². The predicted molar refractivity (Wildman–Crippen MR) is 75.1 cm³/mol. The molecule has 0 aliphatic rings. The Bertz CT molecular complexity index is 597. The molecule has 20 heavy (non-hydrogen) atoms. The summed E-state index contributed by atoms with van der Waals surface area (Å²) in [6.45, 7) is 0.582. The van der Waals surface area contributed by atoms with E-state index in [1.165, 1.54) is 6.20 Å². The molecular weight excluding hydrogens is 258 g/mol. The number of aliphatic hydroxyl groups is 1. The largest absolute Gasteiger partial charge is 0.491 e. The van der Waals surface area contributed by atoms with Crippen LogP contribution in [0.2, 0.25) is 0 Å². The summed E-state index contributed by atoms with van der Waals surface area (Å²) in [5.74, 6) is -0.728. The number of pyridine rings is 1. The first-order valence-electron chi connectivity index (χ1n) is 6.58. The van der Waals surface area contributed by atoms with E-state index >= 15 is 0 Å². The van der Waals surface area contributed by atoms with E-state index in [-0.39, 0.29) is 12.2 Å². The average Bonchev–Trinajstić information content (AvgIpc) is 2.46. The number of carboxylic acid groups (broad SMARTS) is 1. The van der Waals surface area contributed by atoms with Crippen LogP contribution in [-0.2, 0) is 0 Å². The Morgan fingerprint density at radius 2 is 2.00 bits per heavy atom. The fourth-order valence-corrected chi connectivity index (χ4v) is 2.03. The van der Waals surface area contributed by atoms with Gasteiger partial charge in [0.1, 0.15) is 5.56 Å². The zero-order valence-electron chi connectivity index (χ0n) is 11.1. The molecule has 0 radical (unpaired) electrons. The van der Waals surface area contributed by atoms with E-state index in [1.54, 1.807) is 18.2 Å². The van der Waals surface area contributed by atoms with Crippen molar-refractivity contribution in [2.45, 2.75) is 19.3 Å². The second-order valence-corrected chi connectivity index (χ2v) is 4.45. The van der Waals surface area contributed by atoms with Crippen molar-refractivity contribution in [2.24, 2.45) is 0 Å². The first kappa shape index (κ1) is 14.3. The summed E-state index contributed by atoms with van der Waals surface area (Å²) in [5, 5.41) is 18.6. The lowest BCUT2D eigenvalue weighted by Crippen LogP contribution is -2.06. The number of fused-ring (bicyclic) bond motifs is 1. The maximum Gasteiger partial charge on any atom is 0.340 e. The number of rotatable bonds is 7. The van der Waals surface area contributed by atoms with Gasteiger partial charge in [-0.25, -0.2) is 4.79 Å². The highest BCUT2D eigenvalue weighted by Crippen LogP contribution is 2.26. The van der Waals surface area contributed by atoms with E-state index < -0.39 is 5.97 Å². The molecule has 2 rings (SSSR count). The van der Waals surface area contributed by atoms with Gasteiger partial charge in [-0.1, -0.05) is 18.2 Å². The number of hydrogen-bond acceptors (Lipinski definition) is 4. The van der Waals surface area contributed by atoms with Gasteiger partial charge in [-0.2, -0.15) is 0 Å². The number of aromatic nitrogens is 1. The van der Waals surface area contributed by atoms with Crippen LogP contribution in [0.1, 0.15) is 29.6 Å². The second-order valence-electron chi connectivity index (χ2n) is 4.45. The van der Waals surface area contributed by atoms with E-state index in [4.69, 9.17) is 9.84 Å². The topological polar surface area (TPSA) is 79.7 Å². The Labute approximate surface area is 116 Å². The molecule has 2 N–H and O–H groups in total. The Hall–Kier alpha value is -2.14. The number of aromatic carboxylic acids is 1. The molecule has 1 heterocycles. The number of hydrogen-bond donors (Lipinski definition) is 2. The zero-order chi connectivity index (χ0) is 14.4. The van der Waals surface area contributed by atoms with Gasteiger partial charge >= 0.3 is 5.97 Å². The number of nitrogens with zero attached hydrogens (tertiary/aromatic N) is 1. The third-order valence-electron chi connectivity index (χ3n) is 3.01. The minimum Gasteiger partial charge on any atom is -0.491 e. The molecule has 0 amide bonds. The maximum atomic E-state index is 11.4. The quantitative estimate of drug-likeness (QED) is 0.759. The van der Waals surface area contributed by atoms with E-state index in [9.17, 15) is 9.90 Å². The molecule has 5 heteroatoms. The monoisotopic (exact) mass is 275 g/mol. The van der Waals surface area contributed by atoms with Crippen molar-refractivity contribution in [3.8, 4) is 5.75 Å². The molecule has 0 fully saturated rings. The van der Waals surface area contributed by atoms with E-state index in [1.807, 2.05) is 6.07 Å². The molecule has 0 aliphatic carbocycles. The molecule has 0 saturated heterocycles. The summed E-state index contributed by atoms with van der Waals surface area (Å²) >= 11 is 0. The van der Waals surface area contributed by atoms with Crippen molar-refractivity contribution in [1.29, 1.82) is 0 Å². The van der Waals surface area contributed by atoms with Crippen LogP contribution in [0, 0.1) is 0 Å². The molecule has 0 unspecified atom stereocenters. The Morgan fingerprint density at radius 3 is 2.75 bits per heavy atom. The minimum atomic E-state index is -1.02. The van der Waals surface area contributed by atoms with Crippen LogP contribution in [0.5, 0.6) is 5.75 Å². The molecule has 0 atom stereocenters. The highest BCUT2D eigenvalue weighted by molar-refractivity contribution is 6.04. The third-order valence-corrected chi connectivity index (χ3v) is 3.01. The summed E-state index contributed by atoms with van der Waals surface area (Å²) in [7, 11) is 0. The van der Waals surface area contributed by atoms with Crippen LogP contribution in [-0.4, -0.2) is 34.4 Å². The predicted octanol–water partition coefficient (Wildman–Crippen LogP) is 2.47. The van der Waals surface area contributed by atoms with Gasteiger partial charge in [0, 0.05) is 12.0 Å². The van der Waals surface area contributed by atoms with Crippen molar-refractivity contribution in [1.82, 2.24) is 4.98 Å². The van der Waals surface area contributed by atoms with Gasteiger partial charge in [0.25, 0.3) is 0 Å². The number of aliphatic hydroxyl groups excluding tert-OH is 1. The van der Waals surface area contributed by atoms with Gasteiger partial charge in [0.2, 0.25) is 0 Å². The fraction of sp³-hybridized carbons (Fsp3) is 0.333. The van der Waals surface area contributed by atoms with Gasteiger partial charge in [-0.3, -0.25) is 4.98 Å². The van der Waals surface area contributed by atoms with Crippen LogP contribution in [0.25, 0.3) is 10.9 Å². The fourth-order valence-electron chi connectivity index (χ4n) is 2.03. The Kier molecular flexibility index (Phi) is 4.90.